The lowest BCUT2D eigenvalue weighted by molar-refractivity contribution is -0.0338. The summed E-state index contributed by atoms with van der Waals surface area (Å²) in [5.74, 6) is 0.893. The second-order valence-electron chi connectivity index (χ2n) is 5.91. The van der Waals surface area contributed by atoms with Crippen LogP contribution < -0.4 is 0 Å². The molecular formula is C16H24O. The van der Waals surface area contributed by atoms with Crippen molar-refractivity contribution in [2.24, 2.45) is 5.92 Å². The minimum absolute atomic E-state index is 0.333. The Bertz CT molecular complexity index is 344. The quantitative estimate of drug-likeness (QED) is 0.831. The van der Waals surface area contributed by atoms with Crippen LogP contribution in [0.3, 0.4) is 0 Å². The summed E-state index contributed by atoms with van der Waals surface area (Å²) in [7, 11) is 0. The lowest BCUT2D eigenvalue weighted by Gasteiger charge is -2.41. The molecule has 0 heterocycles. The van der Waals surface area contributed by atoms with E-state index in [1.165, 1.54) is 18.4 Å². The van der Waals surface area contributed by atoms with E-state index in [9.17, 15) is 5.11 Å². The van der Waals surface area contributed by atoms with Gasteiger partial charge in [0.1, 0.15) is 0 Å². The fourth-order valence-electron chi connectivity index (χ4n) is 3.34. The Hall–Kier alpha value is -0.820. The van der Waals surface area contributed by atoms with Crippen LogP contribution in [0.25, 0.3) is 0 Å². The summed E-state index contributed by atoms with van der Waals surface area (Å²) < 4.78 is 0. The average molecular weight is 232 g/mol. The minimum Gasteiger partial charge on any atom is -0.389 e. The van der Waals surface area contributed by atoms with Gasteiger partial charge in [-0.1, -0.05) is 57.0 Å². The van der Waals surface area contributed by atoms with Gasteiger partial charge in [-0.3, -0.25) is 0 Å². The Morgan fingerprint density at radius 1 is 1.24 bits per heavy atom. The molecule has 1 aliphatic carbocycles. The molecule has 1 saturated carbocycles. The predicted octanol–water partition coefficient (Wildman–Crippen LogP) is 4.12. The molecule has 17 heavy (non-hydrogen) atoms. The summed E-state index contributed by atoms with van der Waals surface area (Å²) in [6.07, 6.45) is 5.44. The topological polar surface area (TPSA) is 20.2 Å². The highest BCUT2D eigenvalue weighted by atomic mass is 16.3. The number of benzene rings is 1. The summed E-state index contributed by atoms with van der Waals surface area (Å²) in [4.78, 5) is 0. The average Bonchev–Trinajstić information content (AvgIpc) is 2.29. The smallest absolute Gasteiger partial charge is 0.0718 e. The molecular weight excluding hydrogens is 208 g/mol. The van der Waals surface area contributed by atoms with E-state index in [4.69, 9.17) is 0 Å². The van der Waals surface area contributed by atoms with Gasteiger partial charge in [0, 0.05) is 5.92 Å². The van der Waals surface area contributed by atoms with Crippen molar-refractivity contribution in [3.8, 4) is 0 Å². The molecule has 2 rings (SSSR count). The van der Waals surface area contributed by atoms with Crippen molar-refractivity contribution in [1.29, 1.82) is 0 Å². The van der Waals surface area contributed by atoms with E-state index in [1.807, 2.05) is 6.07 Å². The maximum atomic E-state index is 11.0. The summed E-state index contributed by atoms with van der Waals surface area (Å²) in [5, 5.41) is 11.0. The van der Waals surface area contributed by atoms with Gasteiger partial charge in [-0.25, -0.2) is 0 Å². The molecule has 0 aliphatic heterocycles. The molecule has 0 bridgehead atoms. The van der Waals surface area contributed by atoms with Crippen molar-refractivity contribution in [2.45, 2.75) is 57.5 Å². The maximum absolute atomic E-state index is 11.0. The molecule has 0 radical (unpaired) electrons. The molecule has 1 aliphatic rings. The van der Waals surface area contributed by atoms with Gasteiger partial charge in [-0.15, -0.1) is 0 Å². The summed E-state index contributed by atoms with van der Waals surface area (Å²) in [5.41, 5.74) is 0.837. The predicted molar refractivity (Wildman–Crippen MR) is 72.1 cm³/mol. The second-order valence-corrected chi connectivity index (χ2v) is 5.91. The van der Waals surface area contributed by atoms with Gasteiger partial charge in [-0.2, -0.15) is 0 Å². The normalized spacial score (nSPS) is 29.5. The molecule has 1 fully saturated rings. The first-order chi connectivity index (χ1) is 8.12. The molecule has 2 atom stereocenters. The van der Waals surface area contributed by atoms with Gasteiger partial charge in [0.05, 0.1) is 5.60 Å². The van der Waals surface area contributed by atoms with E-state index in [2.05, 4.69) is 38.1 Å². The van der Waals surface area contributed by atoms with Gasteiger partial charge in [-0.05, 0) is 30.7 Å². The first kappa shape index (κ1) is 12.6. The van der Waals surface area contributed by atoms with Crippen LogP contribution in [0.4, 0.5) is 0 Å². The molecule has 0 saturated heterocycles. The Balaban J connectivity index is 2.23. The van der Waals surface area contributed by atoms with Crippen LogP contribution >= 0.6 is 0 Å². The zero-order chi connectivity index (χ0) is 12.3. The standard InChI is InChI=1S/C16H24O/c1-13(2)12-16(17)11-7-6-10-15(16)14-8-4-3-5-9-14/h3-5,8-9,13,15,17H,6-7,10-12H2,1-2H3. The number of rotatable bonds is 3. The Morgan fingerprint density at radius 3 is 2.59 bits per heavy atom. The summed E-state index contributed by atoms with van der Waals surface area (Å²) in [6, 6.07) is 10.6. The van der Waals surface area contributed by atoms with Crippen molar-refractivity contribution in [3.63, 3.8) is 0 Å². The molecule has 1 nitrogen and oxygen atoms in total. The van der Waals surface area contributed by atoms with Gasteiger partial charge in [0.15, 0.2) is 0 Å². The third-order valence-electron chi connectivity index (χ3n) is 3.96. The van der Waals surface area contributed by atoms with Crippen molar-refractivity contribution >= 4 is 0 Å². The van der Waals surface area contributed by atoms with Gasteiger partial charge >= 0.3 is 0 Å². The zero-order valence-corrected chi connectivity index (χ0v) is 11.0. The SMILES string of the molecule is CC(C)CC1(O)CCCCC1c1ccccc1. The third kappa shape index (κ3) is 2.90. The first-order valence-electron chi connectivity index (χ1n) is 6.89. The molecule has 1 aromatic rings. The highest BCUT2D eigenvalue weighted by molar-refractivity contribution is 5.23. The molecule has 2 unspecified atom stereocenters. The molecule has 0 spiro atoms. The van der Waals surface area contributed by atoms with E-state index in [0.717, 1.165) is 19.3 Å². The zero-order valence-electron chi connectivity index (χ0n) is 11.0. The summed E-state index contributed by atoms with van der Waals surface area (Å²) in [6.45, 7) is 4.41. The molecule has 0 aromatic heterocycles. The van der Waals surface area contributed by atoms with Crippen molar-refractivity contribution in [2.75, 3.05) is 0 Å². The van der Waals surface area contributed by atoms with E-state index < -0.39 is 5.60 Å². The Morgan fingerprint density at radius 2 is 1.94 bits per heavy atom. The third-order valence-corrected chi connectivity index (χ3v) is 3.96. The highest BCUT2D eigenvalue weighted by Gasteiger charge is 2.39. The lowest BCUT2D eigenvalue weighted by Crippen LogP contribution is -2.40. The highest BCUT2D eigenvalue weighted by Crippen LogP contribution is 2.44. The molecule has 1 heteroatoms. The van der Waals surface area contributed by atoms with Crippen molar-refractivity contribution in [3.05, 3.63) is 35.9 Å². The minimum atomic E-state index is -0.478. The van der Waals surface area contributed by atoms with Gasteiger partial charge in [0.25, 0.3) is 0 Å². The number of aliphatic hydroxyl groups is 1. The number of hydrogen-bond donors (Lipinski definition) is 1. The molecule has 1 aromatic carbocycles. The lowest BCUT2D eigenvalue weighted by atomic mass is 9.69. The van der Waals surface area contributed by atoms with Crippen molar-refractivity contribution < 1.29 is 5.11 Å². The van der Waals surface area contributed by atoms with E-state index in [0.29, 0.717) is 11.8 Å². The van der Waals surface area contributed by atoms with E-state index in [-0.39, 0.29) is 0 Å². The molecule has 94 valence electrons. The first-order valence-corrected chi connectivity index (χ1v) is 6.89. The molecule has 1 N–H and O–H groups in total. The Kier molecular flexibility index (Phi) is 3.88. The fraction of sp³-hybridized carbons (Fsp3) is 0.625. The van der Waals surface area contributed by atoms with Crippen molar-refractivity contribution in [1.82, 2.24) is 0 Å². The fourth-order valence-corrected chi connectivity index (χ4v) is 3.34. The second kappa shape index (κ2) is 5.22. The van der Waals surface area contributed by atoms with Crippen LogP contribution in [-0.2, 0) is 0 Å². The summed E-state index contributed by atoms with van der Waals surface area (Å²) >= 11 is 0. The van der Waals surface area contributed by atoms with E-state index in [1.54, 1.807) is 0 Å². The maximum Gasteiger partial charge on any atom is 0.0718 e. The Labute approximate surface area is 105 Å². The number of hydrogen-bond acceptors (Lipinski definition) is 1. The van der Waals surface area contributed by atoms with Crippen LogP contribution in [0, 0.1) is 5.92 Å². The van der Waals surface area contributed by atoms with E-state index >= 15 is 0 Å². The van der Waals surface area contributed by atoms with Crippen LogP contribution in [-0.4, -0.2) is 10.7 Å². The monoisotopic (exact) mass is 232 g/mol. The van der Waals surface area contributed by atoms with Gasteiger partial charge in [0.2, 0.25) is 0 Å². The van der Waals surface area contributed by atoms with Gasteiger partial charge < -0.3 is 5.11 Å². The van der Waals surface area contributed by atoms with Crippen LogP contribution in [0.5, 0.6) is 0 Å². The van der Waals surface area contributed by atoms with Crippen LogP contribution in [0.15, 0.2) is 30.3 Å². The largest absolute Gasteiger partial charge is 0.389 e. The van der Waals surface area contributed by atoms with Crippen LogP contribution in [0.2, 0.25) is 0 Å². The molecule has 0 amide bonds. The van der Waals surface area contributed by atoms with Crippen LogP contribution in [0.1, 0.15) is 57.4 Å².